The second-order valence-electron chi connectivity index (χ2n) is 8.75. The van der Waals surface area contributed by atoms with Crippen LogP contribution in [-0.2, 0) is 0 Å². The summed E-state index contributed by atoms with van der Waals surface area (Å²) in [6.45, 7) is 1.66. The smallest absolute Gasteiger partial charge is 0.262 e. The van der Waals surface area contributed by atoms with E-state index in [2.05, 4.69) is 0 Å². The Labute approximate surface area is 208 Å². The highest BCUT2D eigenvalue weighted by Gasteiger charge is 2.17. The minimum Gasteiger partial charge on any atom is -0.366 e. The molecule has 0 atom stereocenters. The molecule has 4 aromatic rings. The third kappa shape index (κ3) is 5.43. The van der Waals surface area contributed by atoms with Crippen LogP contribution in [0.15, 0.2) is 72.8 Å². The van der Waals surface area contributed by atoms with Crippen molar-refractivity contribution in [1.29, 1.82) is 0 Å². The molecule has 184 valence electrons. The summed E-state index contributed by atoms with van der Waals surface area (Å²) >= 11 is 0. The highest BCUT2D eigenvalue weighted by molar-refractivity contribution is 6.04. The second kappa shape index (κ2) is 10.9. The van der Waals surface area contributed by atoms with E-state index in [1.807, 2.05) is 29.2 Å². The molecule has 0 unspecified atom stereocenters. The average molecular weight is 485 g/mol. The van der Waals surface area contributed by atoms with Crippen molar-refractivity contribution in [3.8, 4) is 0 Å². The van der Waals surface area contributed by atoms with Crippen LogP contribution in [0.25, 0.3) is 11.0 Å². The number of amides is 3. The van der Waals surface area contributed by atoms with Gasteiger partial charge in [0.25, 0.3) is 11.8 Å². The number of aromatic nitrogens is 1. The van der Waals surface area contributed by atoms with E-state index in [0.29, 0.717) is 22.3 Å². The van der Waals surface area contributed by atoms with Gasteiger partial charge in [-0.15, -0.1) is 0 Å². The first kappa shape index (κ1) is 24.7. The molecule has 3 heterocycles. The Hall–Kier alpha value is -4.46. The topological polar surface area (TPSA) is 128 Å². The molecule has 36 heavy (non-hydrogen) atoms. The van der Waals surface area contributed by atoms with E-state index in [1.54, 1.807) is 53.1 Å². The zero-order valence-electron chi connectivity index (χ0n) is 19.9. The fourth-order valence-corrected chi connectivity index (χ4v) is 4.27. The fraction of sp³-hybridized carbons (Fsp3) is 0.214. The van der Waals surface area contributed by atoms with Crippen molar-refractivity contribution in [3.63, 3.8) is 0 Å². The van der Waals surface area contributed by atoms with Crippen LogP contribution in [0, 0.1) is 0 Å². The van der Waals surface area contributed by atoms with Crippen LogP contribution in [0.4, 0.5) is 0 Å². The number of benzene rings is 3. The molecule has 8 nitrogen and oxygen atoms in total. The van der Waals surface area contributed by atoms with Gasteiger partial charge in [-0.25, -0.2) is 0 Å². The third-order valence-corrected chi connectivity index (χ3v) is 6.30. The molecule has 1 aliphatic heterocycles. The van der Waals surface area contributed by atoms with Gasteiger partial charge in [-0.1, -0.05) is 12.8 Å². The summed E-state index contributed by atoms with van der Waals surface area (Å²) in [4.78, 5) is 48.3. The van der Waals surface area contributed by atoms with Crippen molar-refractivity contribution in [3.05, 3.63) is 95.1 Å². The maximum absolute atomic E-state index is 12.3. The Morgan fingerprint density at radius 2 is 0.861 bits per heavy atom. The van der Waals surface area contributed by atoms with Gasteiger partial charge in [-0.3, -0.25) is 23.7 Å². The molecule has 3 amide bonds. The van der Waals surface area contributed by atoms with Crippen LogP contribution in [0.1, 0.15) is 67.1 Å². The maximum atomic E-state index is 12.3. The highest BCUT2D eigenvalue weighted by Crippen LogP contribution is 2.19. The first-order chi connectivity index (χ1) is 17.3. The summed E-state index contributed by atoms with van der Waals surface area (Å²) in [7, 11) is 0. The number of rotatable bonds is 4. The van der Waals surface area contributed by atoms with Crippen LogP contribution in [0.3, 0.4) is 0 Å². The number of primary amides is 2. The molecule has 0 radical (unpaired) electrons. The molecule has 5 rings (SSSR count). The van der Waals surface area contributed by atoms with E-state index in [-0.39, 0.29) is 11.8 Å². The van der Waals surface area contributed by atoms with Gasteiger partial charge in [0.1, 0.15) is 0 Å². The predicted molar refractivity (Wildman–Crippen MR) is 137 cm³/mol. The van der Waals surface area contributed by atoms with Crippen molar-refractivity contribution in [2.75, 3.05) is 13.1 Å². The molecular weight excluding hydrogens is 456 g/mol. The van der Waals surface area contributed by atoms with Crippen LogP contribution in [-0.4, -0.2) is 46.2 Å². The van der Waals surface area contributed by atoms with Crippen molar-refractivity contribution >= 4 is 34.7 Å². The Bertz CT molecular complexity index is 1320. The van der Waals surface area contributed by atoms with E-state index < -0.39 is 11.8 Å². The average Bonchev–Trinajstić information content (AvgIpc) is 3.38. The van der Waals surface area contributed by atoms with Gasteiger partial charge in [-0.2, -0.15) is 0 Å². The lowest BCUT2D eigenvalue weighted by Gasteiger charge is -2.20. The van der Waals surface area contributed by atoms with Crippen LogP contribution in [0.5, 0.6) is 0 Å². The standard InChI is InChI=1S/C14H10N2O2.C14H18N2O2/c15-13(17)9-1-3-10(4-2-9)14(18)16-11-5-6-12(16)8-7-11;15-13(17)11-5-7-12(8-6-11)14(18)16-9-3-1-2-4-10-16/h1-8H,(H2,15,17);5-8H,1-4,9-10H2,(H2,15,17). The molecule has 2 aromatic carbocycles. The molecule has 1 aliphatic rings. The van der Waals surface area contributed by atoms with Crippen molar-refractivity contribution in [2.24, 2.45) is 11.5 Å². The fourth-order valence-electron chi connectivity index (χ4n) is 4.27. The normalized spacial score (nSPS) is 13.5. The molecule has 0 saturated carbocycles. The molecular formula is C28H28N4O4. The minimum atomic E-state index is -0.498. The Morgan fingerprint density at radius 1 is 0.500 bits per heavy atom. The SMILES string of the molecule is NC(=O)c1ccc(C(=O)N2CCCCCC2)cc1.NC(=O)c1ccc(C(=O)n2c3ccc2cc3)cc1. The van der Waals surface area contributed by atoms with E-state index in [1.165, 1.54) is 12.8 Å². The van der Waals surface area contributed by atoms with Gasteiger partial charge in [0.15, 0.2) is 0 Å². The minimum absolute atomic E-state index is 0.0490. The first-order valence-electron chi connectivity index (χ1n) is 11.9. The van der Waals surface area contributed by atoms with Crippen LogP contribution in [0.2, 0.25) is 0 Å². The number of hydrogen-bond acceptors (Lipinski definition) is 4. The summed E-state index contributed by atoms with van der Waals surface area (Å²) in [6.07, 6.45) is 4.55. The van der Waals surface area contributed by atoms with Gasteiger partial charge < -0.3 is 16.4 Å². The van der Waals surface area contributed by atoms with Gasteiger partial charge in [0.05, 0.1) is 0 Å². The van der Waals surface area contributed by atoms with Crippen molar-refractivity contribution in [2.45, 2.75) is 25.7 Å². The van der Waals surface area contributed by atoms with Crippen molar-refractivity contribution < 1.29 is 19.2 Å². The number of hydrogen-bond donors (Lipinski definition) is 2. The molecule has 0 aliphatic carbocycles. The summed E-state index contributed by atoms with van der Waals surface area (Å²) in [5.74, 6) is -1.02. The van der Waals surface area contributed by atoms with E-state index in [4.69, 9.17) is 11.5 Å². The summed E-state index contributed by atoms with van der Waals surface area (Å²) < 4.78 is 1.64. The second-order valence-corrected chi connectivity index (χ2v) is 8.75. The predicted octanol–water partition coefficient (Wildman–Crippen LogP) is 3.67. The molecule has 1 fully saturated rings. The lowest BCUT2D eigenvalue weighted by Crippen LogP contribution is -2.31. The quantitative estimate of drug-likeness (QED) is 0.458. The number of fused-ring (bicyclic) bond motifs is 2. The maximum Gasteiger partial charge on any atom is 0.262 e. The molecule has 2 aromatic heterocycles. The number of carbonyl (C=O) groups excluding carboxylic acids is 4. The van der Waals surface area contributed by atoms with Gasteiger partial charge in [0, 0.05) is 46.4 Å². The zero-order chi connectivity index (χ0) is 25.7. The van der Waals surface area contributed by atoms with Crippen LogP contribution < -0.4 is 11.5 Å². The third-order valence-electron chi connectivity index (χ3n) is 6.30. The van der Waals surface area contributed by atoms with Gasteiger partial charge >= 0.3 is 0 Å². The lowest BCUT2D eigenvalue weighted by molar-refractivity contribution is 0.0760. The molecule has 4 N–H and O–H groups in total. The largest absolute Gasteiger partial charge is 0.366 e. The summed E-state index contributed by atoms with van der Waals surface area (Å²) in [5.41, 5.74) is 14.0. The zero-order valence-corrected chi connectivity index (χ0v) is 19.9. The van der Waals surface area contributed by atoms with E-state index >= 15 is 0 Å². The number of carbonyl (C=O) groups is 4. The summed E-state index contributed by atoms with van der Waals surface area (Å²) in [6, 6.07) is 20.5. The molecule has 1 saturated heterocycles. The number of nitrogens with zero attached hydrogens (tertiary/aromatic N) is 2. The molecule has 0 spiro atoms. The number of nitrogens with two attached hydrogens (primary N) is 2. The van der Waals surface area contributed by atoms with Crippen molar-refractivity contribution in [1.82, 2.24) is 9.47 Å². The van der Waals surface area contributed by atoms with Gasteiger partial charge in [-0.05, 0) is 85.6 Å². The highest BCUT2D eigenvalue weighted by atomic mass is 16.2. The first-order valence-corrected chi connectivity index (χ1v) is 11.9. The lowest BCUT2D eigenvalue weighted by atomic mass is 10.1. The molecule has 8 heteroatoms. The monoisotopic (exact) mass is 484 g/mol. The van der Waals surface area contributed by atoms with Crippen LogP contribution >= 0.6 is 0 Å². The van der Waals surface area contributed by atoms with E-state index in [9.17, 15) is 19.2 Å². The summed E-state index contributed by atoms with van der Waals surface area (Å²) in [5, 5.41) is 0. The van der Waals surface area contributed by atoms with Gasteiger partial charge in [0.2, 0.25) is 11.8 Å². The Morgan fingerprint density at radius 3 is 1.25 bits per heavy atom. The Balaban J connectivity index is 0.000000169. The molecule has 2 bridgehead atoms. The van der Waals surface area contributed by atoms with E-state index in [0.717, 1.165) is 37.0 Å². The number of likely N-dealkylation sites (tertiary alicyclic amines) is 1. The Kier molecular flexibility index (Phi) is 7.44.